The molecule has 0 aliphatic heterocycles. The first kappa shape index (κ1) is 14.4. The molecule has 0 aromatic carbocycles. The zero-order chi connectivity index (χ0) is 13.0. The Bertz CT molecular complexity index is 469. The summed E-state index contributed by atoms with van der Waals surface area (Å²) in [4.78, 5) is 25.3. The van der Waals surface area contributed by atoms with Gasteiger partial charge >= 0.3 is 0 Å². The standard InChI is InChI=1S/C10H13Br2N3O2/c1-3-14(4-2)8(16)6-15-10(17)9(12)7(11)5-13-15/h5H,3-4,6H2,1-2H3. The van der Waals surface area contributed by atoms with Crippen molar-refractivity contribution in [2.24, 2.45) is 0 Å². The van der Waals surface area contributed by atoms with Gasteiger partial charge in [0.2, 0.25) is 5.91 Å². The molecule has 0 N–H and O–H groups in total. The molecule has 0 unspecified atom stereocenters. The van der Waals surface area contributed by atoms with Crippen LogP contribution in [0.5, 0.6) is 0 Å². The summed E-state index contributed by atoms with van der Waals surface area (Å²) in [6.45, 7) is 5.01. The van der Waals surface area contributed by atoms with Gasteiger partial charge in [-0.1, -0.05) is 0 Å². The largest absolute Gasteiger partial charge is 0.342 e. The third-order valence-corrected chi connectivity index (χ3v) is 4.24. The molecule has 0 aliphatic carbocycles. The molecule has 0 fully saturated rings. The maximum absolute atomic E-state index is 11.8. The number of hydrogen-bond acceptors (Lipinski definition) is 3. The minimum atomic E-state index is -0.320. The molecule has 0 saturated heterocycles. The summed E-state index contributed by atoms with van der Waals surface area (Å²) in [7, 11) is 0. The van der Waals surface area contributed by atoms with Gasteiger partial charge in [-0.15, -0.1) is 0 Å². The molecule has 1 aromatic heterocycles. The Morgan fingerprint density at radius 1 is 1.41 bits per heavy atom. The van der Waals surface area contributed by atoms with Crippen molar-refractivity contribution in [1.29, 1.82) is 0 Å². The number of aromatic nitrogens is 2. The van der Waals surface area contributed by atoms with Crippen molar-refractivity contribution in [2.45, 2.75) is 20.4 Å². The average Bonchev–Trinajstić information content (AvgIpc) is 2.31. The fourth-order valence-electron chi connectivity index (χ4n) is 1.36. The number of carbonyl (C=O) groups is 1. The lowest BCUT2D eigenvalue weighted by Gasteiger charge is -2.18. The van der Waals surface area contributed by atoms with Crippen molar-refractivity contribution < 1.29 is 4.79 Å². The van der Waals surface area contributed by atoms with Crippen LogP contribution in [0.25, 0.3) is 0 Å². The predicted octanol–water partition coefficient (Wildman–Crippen LogP) is 1.64. The Balaban J connectivity index is 2.93. The molecule has 1 aromatic rings. The fourth-order valence-corrected chi connectivity index (χ4v) is 1.93. The van der Waals surface area contributed by atoms with E-state index in [1.807, 2.05) is 13.8 Å². The summed E-state index contributed by atoms with van der Waals surface area (Å²) in [5, 5.41) is 3.91. The monoisotopic (exact) mass is 365 g/mol. The van der Waals surface area contributed by atoms with Gasteiger partial charge in [-0.25, -0.2) is 4.68 Å². The average molecular weight is 367 g/mol. The molecule has 7 heteroatoms. The summed E-state index contributed by atoms with van der Waals surface area (Å²) in [6, 6.07) is 0. The normalized spacial score (nSPS) is 10.4. The summed E-state index contributed by atoms with van der Waals surface area (Å²) in [5.74, 6) is -0.112. The molecule has 1 heterocycles. The molecular weight excluding hydrogens is 354 g/mol. The maximum atomic E-state index is 11.8. The minimum Gasteiger partial charge on any atom is -0.342 e. The Hall–Kier alpha value is -0.690. The van der Waals surface area contributed by atoms with Crippen LogP contribution >= 0.6 is 31.9 Å². The number of rotatable bonds is 4. The van der Waals surface area contributed by atoms with Crippen LogP contribution in [-0.4, -0.2) is 33.7 Å². The molecular formula is C10H13Br2N3O2. The molecule has 94 valence electrons. The van der Waals surface area contributed by atoms with Crippen LogP contribution in [0.4, 0.5) is 0 Å². The molecule has 1 rings (SSSR count). The topological polar surface area (TPSA) is 55.2 Å². The van der Waals surface area contributed by atoms with Gasteiger partial charge < -0.3 is 4.90 Å². The van der Waals surface area contributed by atoms with E-state index in [4.69, 9.17) is 0 Å². The van der Waals surface area contributed by atoms with Gasteiger partial charge in [-0.2, -0.15) is 5.10 Å². The third-order valence-electron chi connectivity index (χ3n) is 2.34. The van der Waals surface area contributed by atoms with Crippen LogP contribution in [0.1, 0.15) is 13.8 Å². The Kier molecular flexibility index (Phi) is 5.32. The fraction of sp³-hybridized carbons (Fsp3) is 0.500. The summed E-state index contributed by atoms with van der Waals surface area (Å²) >= 11 is 6.33. The number of halogens is 2. The Labute approximate surface area is 116 Å². The first-order chi connectivity index (χ1) is 8.01. The van der Waals surface area contributed by atoms with Crippen LogP contribution in [-0.2, 0) is 11.3 Å². The second kappa shape index (κ2) is 6.30. The van der Waals surface area contributed by atoms with Crippen molar-refractivity contribution >= 4 is 37.8 Å². The maximum Gasteiger partial charge on any atom is 0.282 e. The van der Waals surface area contributed by atoms with Crippen molar-refractivity contribution in [3.8, 4) is 0 Å². The van der Waals surface area contributed by atoms with Crippen LogP contribution in [0.15, 0.2) is 19.9 Å². The third kappa shape index (κ3) is 3.38. The van der Waals surface area contributed by atoms with Gasteiger partial charge in [0.1, 0.15) is 11.0 Å². The molecule has 0 bridgehead atoms. The van der Waals surface area contributed by atoms with Gasteiger partial charge in [-0.3, -0.25) is 9.59 Å². The number of hydrogen-bond donors (Lipinski definition) is 0. The van der Waals surface area contributed by atoms with E-state index in [1.54, 1.807) is 4.90 Å². The van der Waals surface area contributed by atoms with Gasteiger partial charge in [-0.05, 0) is 45.7 Å². The minimum absolute atomic E-state index is 0.0353. The Morgan fingerprint density at radius 2 is 2.00 bits per heavy atom. The molecule has 1 amide bonds. The quantitative estimate of drug-likeness (QED) is 0.813. The second-order valence-corrected chi connectivity index (χ2v) is 4.98. The number of carbonyl (C=O) groups excluding carboxylic acids is 1. The van der Waals surface area contributed by atoms with Crippen LogP contribution in [0.2, 0.25) is 0 Å². The highest BCUT2D eigenvalue weighted by molar-refractivity contribution is 9.13. The summed E-state index contributed by atoms with van der Waals surface area (Å²) < 4.78 is 2.10. The SMILES string of the molecule is CCN(CC)C(=O)Cn1ncc(Br)c(Br)c1=O. The van der Waals surface area contributed by atoms with Crippen molar-refractivity contribution in [3.63, 3.8) is 0 Å². The van der Waals surface area contributed by atoms with Crippen molar-refractivity contribution in [1.82, 2.24) is 14.7 Å². The lowest BCUT2D eigenvalue weighted by Crippen LogP contribution is -2.37. The van der Waals surface area contributed by atoms with E-state index in [1.165, 1.54) is 6.20 Å². The molecule has 5 nitrogen and oxygen atoms in total. The van der Waals surface area contributed by atoms with E-state index in [0.29, 0.717) is 22.0 Å². The highest BCUT2D eigenvalue weighted by Gasteiger charge is 2.13. The Morgan fingerprint density at radius 3 is 2.53 bits per heavy atom. The first-order valence-electron chi connectivity index (χ1n) is 5.20. The first-order valence-corrected chi connectivity index (χ1v) is 6.78. The smallest absolute Gasteiger partial charge is 0.282 e. The van der Waals surface area contributed by atoms with E-state index >= 15 is 0 Å². The summed E-state index contributed by atoms with van der Waals surface area (Å²) in [6.07, 6.45) is 1.49. The summed E-state index contributed by atoms with van der Waals surface area (Å²) in [5.41, 5.74) is -0.320. The van der Waals surface area contributed by atoms with Crippen LogP contribution < -0.4 is 5.56 Å². The molecule has 0 aliphatic rings. The molecule has 17 heavy (non-hydrogen) atoms. The molecule has 0 spiro atoms. The van der Waals surface area contributed by atoms with E-state index in [0.717, 1.165) is 4.68 Å². The number of amides is 1. The molecule has 0 radical (unpaired) electrons. The van der Waals surface area contributed by atoms with Gasteiger partial charge in [0, 0.05) is 13.1 Å². The zero-order valence-electron chi connectivity index (χ0n) is 9.61. The molecule has 0 saturated carbocycles. The lowest BCUT2D eigenvalue weighted by atomic mass is 10.4. The lowest BCUT2D eigenvalue weighted by molar-refractivity contribution is -0.131. The predicted molar refractivity (Wildman–Crippen MR) is 71.8 cm³/mol. The number of nitrogens with zero attached hydrogens (tertiary/aromatic N) is 3. The van der Waals surface area contributed by atoms with E-state index in [2.05, 4.69) is 37.0 Å². The van der Waals surface area contributed by atoms with Gasteiger partial charge in [0.25, 0.3) is 5.56 Å². The van der Waals surface area contributed by atoms with Crippen LogP contribution in [0.3, 0.4) is 0 Å². The number of likely N-dealkylation sites (N-methyl/N-ethyl adjacent to an activating group) is 1. The highest BCUT2D eigenvalue weighted by atomic mass is 79.9. The zero-order valence-corrected chi connectivity index (χ0v) is 12.8. The van der Waals surface area contributed by atoms with Gasteiger partial charge in [0.05, 0.1) is 10.7 Å². The van der Waals surface area contributed by atoms with Crippen molar-refractivity contribution in [2.75, 3.05) is 13.1 Å². The van der Waals surface area contributed by atoms with Gasteiger partial charge in [0.15, 0.2) is 0 Å². The van der Waals surface area contributed by atoms with Crippen molar-refractivity contribution in [3.05, 3.63) is 25.5 Å². The second-order valence-electron chi connectivity index (χ2n) is 3.34. The van der Waals surface area contributed by atoms with Crippen LogP contribution in [0, 0.1) is 0 Å². The van der Waals surface area contributed by atoms with E-state index in [-0.39, 0.29) is 18.0 Å². The van der Waals surface area contributed by atoms with E-state index < -0.39 is 0 Å². The highest BCUT2D eigenvalue weighted by Crippen LogP contribution is 2.16. The molecule has 0 atom stereocenters. The van der Waals surface area contributed by atoms with E-state index in [9.17, 15) is 9.59 Å².